The zero-order valence-electron chi connectivity index (χ0n) is 14.0. The first-order valence-corrected chi connectivity index (χ1v) is 8.98. The second-order valence-electron chi connectivity index (χ2n) is 5.63. The van der Waals surface area contributed by atoms with Gasteiger partial charge in [0.1, 0.15) is 11.6 Å². The van der Waals surface area contributed by atoms with Crippen molar-refractivity contribution in [3.63, 3.8) is 0 Å². The molecule has 134 valence electrons. The van der Waals surface area contributed by atoms with Gasteiger partial charge in [0, 0.05) is 0 Å². The van der Waals surface area contributed by atoms with E-state index in [1.165, 1.54) is 17.6 Å². The Morgan fingerprint density at radius 3 is 2.67 bits per heavy atom. The summed E-state index contributed by atoms with van der Waals surface area (Å²) < 4.78 is 11.5. The molecule has 0 bridgehead atoms. The number of furan rings is 1. The fourth-order valence-corrected chi connectivity index (χ4v) is 3.43. The minimum Gasteiger partial charge on any atom is -0.459 e. The summed E-state index contributed by atoms with van der Waals surface area (Å²) in [6, 6.07) is 17.6. The number of fused-ring (bicyclic) bond motifs is 1. The van der Waals surface area contributed by atoms with E-state index in [9.17, 15) is 9.59 Å². The molecular weight excluding hydrogens is 364 g/mol. The molecule has 0 radical (unpaired) electrons. The molecule has 0 aliphatic heterocycles. The van der Waals surface area contributed by atoms with Crippen LogP contribution in [0, 0.1) is 0 Å². The maximum absolute atomic E-state index is 12.5. The SMILES string of the molecule is O=C(Nc1ccccc1C(=O)OCc1nc2ccccc2s1)c1ccco1. The summed E-state index contributed by atoms with van der Waals surface area (Å²) >= 11 is 1.48. The van der Waals surface area contributed by atoms with Crippen molar-refractivity contribution in [2.45, 2.75) is 6.61 Å². The fourth-order valence-electron chi connectivity index (χ4n) is 2.55. The van der Waals surface area contributed by atoms with Gasteiger partial charge >= 0.3 is 5.97 Å². The highest BCUT2D eigenvalue weighted by Crippen LogP contribution is 2.23. The summed E-state index contributed by atoms with van der Waals surface area (Å²) in [7, 11) is 0. The van der Waals surface area contributed by atoms with Crippen molar-refractivity contribution < 1.29 is 18.7 Å². The summed E-state index contributed by atoms with van der Waals surface area (Å²) in [6.07, 6.45) is 1.41. The number of ether oxygens (including phenoxy) is 1. The number of anilines is 1. The Hall–Kier alpha value is -3.45. The van der Waals surface area contributed by atoms with Crippen LogP contribution in [0.4, 0.5) is 5.69 Å². The van der Waals surface area contributed by atoms with E-state index in [-0.39, 0.29) is 17.9 Å². The maximum Gasteiger partial charge on any atom is 0.340 e. The minimum absolute atomic E-state index is 0.0681. The number of thiazole rings is 1. The molecule has 2 aromatic carbocycles. The second kappa shape index (κ2) is 7.43. The summed E-state index contributed by atoms with van der Waals surface area (Å²) in [5.41, 5.74) is 1.49. The summed E-state index contributed by atoms with van der Waals surface area (Å²) in [5.74, 6) is -0.816. The average molecular weight is 378 g/mol. The van der Waals surface area contributed by atoms with E-state index in [2.05, 4.69) is 10.3 Å². The van der Waals surface area contributed by atoms with Crippen LogP contribution in [0.1, 0.15) is 25.9 Å². The number of nitrogens with one attached hydrogen (secondary N) is 1. The molecular formula is C20H14N2O4S. The molecule has 27 heavy (non-hydrogen) atoms. The van der Waals surface area contributed by atoms with E-state index in [4.69, 9.17) is 9.15 Å². The van der Waals surface area contributed by atoms with Gasteiger partial charge in [-0.05, 0) is 36.4 Å². The van der Waals surface area contributed by atoms with Gasteiger partial charge in [-0.3, -0.25) is 4.79 Å². The lowest BCUT2D eigenvalue weighted by Crippen LogP contribution is -2.15. The molecule has 0 fully saturated rings. The number of carbonyl (C=O) groups is 2. The van der Waals surface area contributed by atoms with Gasteiger partial charge in [-0.2, -0.15) is 0 Å². The Balaban J connectivity index is 1.47. The first-order chi connectivity index (χ1) is 13.2. The predicted molar refractivity (Wildman–Crippen MR) is 102 cm³/mol. The van der Waals surface area contributed by atoms with Crippen molar-refractivity contribution in [1.29, 1.82) is 0 Å². The number of para-hydroxylation sites is 2. The summed E-state index contributed by atoms with van der Waals surface area (Å²) in [5, 5.41) is 3.38. The standard InChI is InChI=1S/C20H14N2O4S/c23-19(16-9-5-11-25-16)22-14-7-2-1-6-13(14)20(24)26-12-18-21-15-8-3-4-10-17(15)27-18/h1-11H,12H2,(H,22,23). The van der Waals surface area contributed by atoms with Crippen LogP contribution in [-0.2, 0) is 11.3 Å². The zero-order chi connectivity index (χ0) is 18.6. The number of hydrogen-bond acceptors (Lipinski definition) is 6. The molecule has 0 saturated carbocycles. The molecule has 1 N–H and O–H groups in total. The molecule has 0 aliphatic rings. The van der Waals surface area contributed by atoms with Crippen LogP contribution < -0.4 is 5.32 Å². The number of amides is 1. The van der Waals surface area contributed by atoms with Crippen LogP contribution >= 0.6 is 11.3 Å². The third-order valence-corrected chi connectivity index (χ3v) is 4.81. The number of aromatic nitrogens is 1. The summed E-state index contributed by atoms with van der Waals surface area (Å²) in [6.45, 7) is 0.0681. The van der Waals surface area contributed by atoms with Gasteiger partial charge in [-0.1, -0.05) is 24.3 Å². The van der Waals surface area contributed by atoms with Crippen LogP contribution in [0.2, 0.25) is 0 Å². The van der Waals surface area contributed by atoms with Gasteiger partial charge in [-0.25, -0.2) is 9.78 Å². The molecule has 7 heteroatoms. The van der Waals surface area contributed by atoms with Crippen molar-refractivity contribution in [3.05, 3.63) is 83.3 Å². The zero-order valence-corrected chi connectivity index (χ0v) is 14.9. The fraction of sp³-hybridized carbons (Fsp3) is 0.0500. The van der Waals surface area contributed by atoms with Crippen molar-refractivity contribution in [2.75, 3.05) is 5.32 Å². The molecule has 0 saturated heterocycles. The van der Waals surface area contributed by atoms with Gasteiger partial charge in [0.15, 0.2) is 5.76 Å². The van der Waals surface area contributed by atoms with E-state index in [0.717, 1.165) is 10.2 Å². The van der Waals surface area contributed by atoms with Crippen molar-refractivity contribution in [2.24, 2.45) is 0 Å². The summed E-state index contributed by atoms with van der Waals surface area (Å²) in [4.78, 5) is 29.1. The lowest BCUT2D eigenvalue weighted by Gasteiger charge is -2.09. The van der Waals surface area contributed by atoms with Gasteiger partial charge < -0.3 is 14.5 Å². The lowest BCUT2D eigenvalue weighted by atomic mass is 10.1. The number of esters is 1. The molecule has 2 heterocycles. The number of nitrogens with zero attached hydrogens (tertiary/aromatic N) is 1. The smallest absolute Gasteiger partial charge is 0.340 e. The Bertz CT molecular complexity index is 1070. The van der Waals surface area contributed by atoms with Crippen molar-refractivity contribution in [1.82, 2.24) is 4.98 Å². The monoisotopic (exact) mass is 378 g/mol. The Morgan fingerprint density at radius 1 is 1.04 bits per heavy atom. The molecule has 6 nitrogen and oxygen atoms in total. The molecule has 2 aromatic heterocycles. The molecule has 4 aromatic rings. The number of rotatable bonds is 5. The third kappa shape index (κ3) is 3.73. The topological polar surface area (TPSA) is 81.4 Å². The molecule has 0 unspecified atom stereocenters. The second-order valence-corrected chi connectivity index (χ2v) is 6.74. The molecule has 0 aliphatic carbocycles. The molecule has 0 spiro atoms. The minimum atomic E-state index is -0.537. The highest BCUT2D eigenvalue weighted by atomic mass is 32.1. The maximum atomic E-state index is 12.5. The number of benzene rings is 2. The Kier molecular flexibility index (Phi) is 4.67. The van der Waals surface area contributed by atoms with Gasteiger partial charge in [0.05, 0.1) is 27.7 Å². The lowest BCUT2D eigenvalue weighted by molar-refractivity contribution is 0.0474. The highest BCUT2D eigenvalue weighted by molar-refractivity contribution is 7.18. The molecule has 0 atom stereocenters. The van der Waals surface area contributed by atoms with Crippen LogP contribution in [0.15, 0.2) is 71.3 Å². The van der Waals surface area contributed by atoms with Gasteiger partial charge in [0.2, 0.25) is 0 Å². The number of hydrogen-bond donors (Lipinski definition) is 1. The first kappa shape index (κ1) is 17.0. The van der Waals surface area contributed by atoms with E-state index in [1.807, 2.05) is 24.3 Å². The van der Waals surface area contributed by atoms with Crippen molar-refractivity contribution >= 4 is 39.1 Å². The highest BCUT2D eigenvalue weighted by Gasteiger charge is 2.17. The van der Waals surface area contributed by atoms with E-state index >= 15 is 0 Å². The van der Waals surface area contributed by atoms with Gasteiger partial charge in [0.25, 0.3) is 5.91 Å². The first-order valence-electron chi connectivity index (χ1n) is 8.16. The van der Waals surface area contributed by atoms with E-state index < -0.39 is 11.9 Å². The molecule has 1 amide bonds. The quantitative estimate of drug-likeness (QED) is 0.517. The normalized spacial score (nSPS) is 10.7. The van der Waals surface area contributed by atoms with E-state index in [1.54, 1.807) is 36.4 Å². The van der Waals surface area contributed by atoms with Gasteiger partial charge in [-0.15, -0.1) is 11.3 Å². The largest absolute Gasteiger partial charge is 0.459 e. The number of carbonyl (C=O) groups excluding carboxylic acids is 2. The van der Waals surface area contributed by atoms with Crippen LogP contribution in [0.25, 0.3) is 10.2 Å². The Morgan fingerprint density at radius 2 is 1.85 bits per heavy atom. The third-order valence-electron chi connectivity index (χ3n) is 3.81. The molecule has 4 rings (SSSR count). The predicted octanol–water partition coefficient (Wildman–Crippen LogP) is 4.50. The Labute approximate surface area is 158 Å². The average Bonchev–Trinajstić information content (AvgIpc) is 3.36. The van der Waals surface area contributed by atoms with E-state index in [0.29, 0.717) is 10.7 Å². The van der Waals surface area contributed by atoms with Crippen LogP contribution in [0.3, 0.4) is 0 Å². The van der Waals surface area contributed by atoms with Crippen molar-refractivity contribution in [3.8, 4) is 0 Å². The van der Waals surface area contributed by atoms with Crippen LogP contribution in [-0.4, -0.2) is 16.9 Å². The van der Waals surface area contributed by atoms with Crippen LogP contribution in [0.5, 0.6) is 0 Å².